The van der Waals surface area contributed by atoms with Crippen molar-refractivity contribution in [3.8, 4) is 0 Å². The zero-order valence-electron chi connectivity index (χ0n) is 15.3. The highest BCUT2D eigenvalue weighted by Gasteiger charge is 2.29. The highest BCUT2D eigenvalue weighted by atomic mass is 16.5. The standard InChI is InChI=1S/C20H26N4O2/c1-15-13-18(22-26-15)19-5-4-12-24(19)14-20(25)21-16-6-8-17(9-7-16)23-10-2-3-11-23/h6-9,13,19H,2-5,10-12,14H2,1H3,(H,21,25)/t19-/m0/s1. The van der Waals surface area contributed by atoms with Crippen molar-refractivity contribution in [1.82, 2.24) is 10.1 Å². The fraction of sp³-hybridized carbons (Fsp3) is 0.500. The van der Waals surface area contributed by atoms with Crippen LogP contribution in [0.3, 0.4) is 0 Å². The van der Waals surface area contributed by atoms with Crippen molar-refractivity contribution in [2.24, 2.45) is 0 Å². The molecule has 1 atom stereocenters. The molecule has 2 aliphatic heterocycles. The fourth-order valence-electron chi connectivity index (χ4n) is 4.01. The molecule has 1 aromatic carbocycles. The normalized spacial score (nSPS) is 20.7. The first-order valence-electron chi connectivity index (χ1n) is 9.51. The topological polar surface area (TPSA) is 61.6 Å². The van der Waals surface area contributed by atoms with Gasteiger partial charge in [-0.1, -0.05) is 5.16 Å². The Morgan fingerprint density at radius 1 is 1.19 bits per heavy atom. The Morgan fingerprint density at radius 2 is 1.96 bits per heavy atom. The van der Waals surface area contributed by atoms with E-state index < -0.39 is 0 Å². The monoisotopic (exact) mass is 354 g/mol. The van der Waals surface area contributed by atoms with Crippen molar-refractivity contribution in [3.63, 3.8) is 0 Å². The number of aryl methyl sites for hydroxylation is 1. The lowest BCUT2D eigenvalue weighted by atomic mass is 10.1. The van der Waals surface area contributed by atoms with Crippen LogP contribution in [0.2, 0.25) is 0 Å². The van der Waals surface area contributed by atoms with E-state index in [4.69, 9.17) is 4.52 Å². The molecule has 0 unspecified atom stereocenters. The minimum absolute atomic E-state index is 0.0195. The van der Waals surface area contributed by atoms with Gasteiger partial charge >= 0.3 is 0 Å². The molecule has 0 radical (unpaired) electrons. The Bertz CT molecular complexity index is 749. The molecule has 3 heterocycles. The van der Waals surface area contributed by atoms with Gasteiger partial charge in [-0.2, -0.15) is 0 Å². The SMILES string of the molecule is Cc1cc([C@@H]2CCCN2CC(=O)Nc2ccc(N3CCCC3)cc2)no1. The van der Waals surface area contributed by atoms with E-state index in [0.29, 0.717) is 6.54 Å². The van der Waals surface area contributed by atoms with Crippen LogP contribution in [0.5, 0.6) is 0 Å². The van der Waals surface area contributed by atoms with Gasteiger partial charge in [-0.15, -0.1) is 0 Å². The van der Waals surface area contributed by atoms with Gasteiger partial charge in [0.1, 0.15) is 11.5 Å². The lowest BCUT2D eigenvalue weighted by Crippen LogP contribution is -2.33. The van der Waals surface area contributed by atoms with Crippen LogP contribution in [0.25, 0.3) is 0 Å². The third kappa shape index (κ3) is 3.75. The van der Waals surface area contributed by atoms with E-state index in [1.54, 1.807) is 0 Å². The first kappa shape index (κ1) is 17.1. The summed E-state index contributed by atoms with van der Waals surface area (Å²) in [7, 11) is 0. The lowest BCUT2D eigenvalue weighted by molar-refractivity contribution is -0.117. The minimum atomic E-state index is 0.0195. The zero-order valence-corrected chi connectivity index (χ0v) is 15.3. The molecule has 2 aromatic rings. The van der Waals surface area contributed by atoms with E-state index in [-0.39, 0.29) is 11.9 Å². The van der Waals surface area contributed by atoms with Crippen molar-refractivity contribution in [3.05, 3.63) is 41.8 Å². The largest absolute Gasteiger partial charge is 0.372 e. The van der Waals surface area contributed by atoms with E-state index in [9.17, 15) is 4.79 Å². The molecule has 1 aromatic heterocycles. The fourth-order valence-corrected chi connectivity index (χ4v) is 4.01. The number of carbonyl (C=O) groups is 1. The predicted octanol–water partition coefficient (Wildman–Crippen LogP) is 3.36. The number of carbonyl (C=O) groups excluding carboxylic acids is 1. The van der Waals surface area contributed by atoms with Crippen LogP contribution in [0.1, 0.15) is 43.2 Å². The second kappa shape index (κ2) is 7.50. The molecule has 0 spiro atoms. The molecule has 2 fully saturated rings. The van der Waals surface area contributed by atoms with Crippen LogP contribution in [-0.4, -0.2) is 42.1 Å². The van der Waals surface area contributed by atoms with Gasteiger partial charge in [0.05, 0.1) is 12.6 Å². The highest BCUT2D eigenvalue weighted by molar-refractivity contribution is 5.92. The van der Waals surface area contributed by atoms with E-state index in [1.165, 1.54) is 18.5 Å². The summed E-state index contributed by atoms with van der Waals surface area (Å²) in [6.45, 7) is 5.45. The third-order valence-corrected chi connectivity index (χ3v) is 5.32. The number of aromatic nitrogens is 1. The number of nitrogens with one attached hydrogen (secondary N) is 1. The van der Waals surface area contributed by atoms with Crippen LogP contribution in [0, 0.1) is 6.92 Å². The first-order chi connectivity index (χ1) is 12.7. The molecule has 0 bridgehead atoms. The summed E-state index contributed by atoms with van der Waals surface area (Å²) in [5, 5.41) is 7.15. The molecule has 1 amide bonds. The number of amides is 1. The second-order valence-electron chi connectivity index (χ2n) is 7.28. The molecule has 1 N–H and O–H groups in total. The quantitative estimate of drug-likeness (QED) is 0.892. The molecule has 4 rings (SSSR count). The maximum Gasteiger partial charge on any atom is 0.238 e. The maximum absolute atomic E-state index is 12.5. The zero-order chi connectivity index (χ0) is 17.9. The Balaban J connectivity index is 1.34. The van der Waals surface area contributed by atoms with Gasteiger partial charge in [-0.3, -0.25) is 9.69 Å². The average molecular weight is 354 g/mol. The summed E-state index contributed by atoms with van der Waals surface area (Å²) in [5.41, 5.74) is 3.02. The number of hydrogen-bond acceptors (Lipinski definition) is 5. The van der Waals surface area contributed by atoms with Gasteiger partial charge in [0.15, 0.2) is 0 Å². The van der Waals surface area contributed by atoms with Gasteiger partial charge in [0.25, 0.3) is 0 Å². The Labute approximate surface area is 154 Å². The number of benzene rings is 1. The highest BCUT2D eigenvalue weighted by Crippen LogP contribution is 2.31. The van der Waals surface area contributed by atoms with Crippen LogP contribution < -0.4 is 10.2 Å². The van der Waals surface area contributed by atoms with E-state index in [1.807, 2.05) is 25.1 Å². The van der Waals surface area contributed by atoms with Crippen molar-refractivity contribution < 1.29 is 9.32 Å². The molecule has 26 heavy (non-hydrogen) atoms. The summed E-state index contributed by atoms with van der Waals surface area (Å²) in [4.78, 5) is 17.1. The smallest absolute Gasteiger partial charge is 0.238 e. The van der Waals surface area contributed by atoms with E-state index in [2.05, 4.69) is 32.4 Å². The molecule has 6 nitrogen and oxygen atoms in total. The molecule has 0 aliphatic carbocycles. The van der Waals surface area contributed by atoms with Crippen LogP contribution in [0.15, 0.2) is 34.9 Å². The minimum Gasteiger partial charge on any atom is -0.372 e. The lowest BCUT2D eigenvalue weighted by Gasteiger charge is -2.22. The molecule has 2 saturated heterocycles. The van der Waals surface area contributed by atoms with Gasteiger partial charge in [0.2, 0.25) is 5.91 Å². The molecule has 6 heteroatoms. The second-order valence-corrected chi connectivity index (χ2v) is 7.28. The number of likely N-dealkylation sites (tertiary alicyclic amines) is 1. The molecular formula is C20H26N4O2. The van der Waals surface area contributed by atoms with Gasteiger partial charge in [-0.25, -0.2) is 0 Å². The third-order valence-electron chi connectivity index (χ3n) is 5.32. The summed E-state index contributed by atoms with van der Waals surface area (Å²) >= 11 is 0. The van der Waals surface area contributed by atoms with Crippen LogP contribution in [0.4, 0.5) is 11.4 Å². The van der Waals surface area contributed by atoms with Gasteiger partial charge in [-0.05, 0) is 63.4 Å². The van der Waals surface area contributed by atoms with Crippen molar-refractivity contribution in [2.75, 3.05) is 36.4 Å². The summed E-state index contributed by atoms with van der Waals surface area (Å²) in [6.07, 6.45) is 4.62. The molecule has 138 valence electrons. The average Bonchev–Trinajstić information content (AvgIpc) is 3.37. The predicted molar refractivity (Wildman–Crippen MR) is 101 cm³/mol. The molecule has 0 saturated carbocycles. The number of anilines is 2. The summed E-state index contributed by atoms with van der Waals surface area (Å²) < 4.78 is 5.20. The molecule has 2 aliphatic rings. The number of nitrogens with zero attached hydrogens (tertiary/aromatic N) is 3. The molecular weight excluding hydrogens is 328 g/mol. The van der Waals surface area contributed by atoms with Crippen LogP contribution in [-0.2, 0) is 4.79 Å². The first-order valence-corrected chi connectivity index (χ1v) is 9.51. The maximum atomic E-state index is 12.5. The summed E-state index contributed by atoms with van der Waals surface area (Å²) in [6, 6.07) is 10.3. The number of rotatable bonds is 5. The van der Waals surface area contributed by atoms with E-state index in [0.717, 1.165) is 49.6 Å². The van der Waals surface area contributed by atoms with Gasteiger partial charge in [0, 0.05) is 30.5 Å². The van der Waals surface area contributed by atoms with Crippen LogP contribution >= 0.6 is 0 Å². The van der Waals surface area contributed by atoms with E-state index >= 15 is 0 Å². The summed E-state index contributed by atoms with van der Waals surface area (Å²) in [5.74, 6) is 0.834. The van der Waals surface area contributed by atoms with Crippen molar-refractivity contribution in [2.45, 2.75) is 38.6 Å². The van der Waals surface area contributed by atoms with Gasteiger partial charge < -0.3 is 14.7 Å². The Hall–Kier alpha value is -2.34. The number of hydrogen-bond donors (Lipinski definition) is 1. The van der Waals surface area contributed by atoms with Crippen molar-refractivity contribution in [1.29, 1.82) is 0 Å². The Kier molecular flexibility index (Phi) is 4.93. The Morgan fingerprint density at radius 3 is 2.65 bits per heavy atom. The van der Waals surface area contributed by atoms with Crippen molar-refractivity contribution >= 4 is 17.3 Å².